The first-order valence-electron chi connectivity index (χ1n) is 6.18. The number of aromatic nitrogens is 2. The molecule has 0 saturated carbocycles. The van der Waals surface area contributed by atoms with Crippen LogP contribution in [0.5, 0.6) is 5.88 Å². The Morgan fingerprint density at radius 3 is 3.10 bits per heavy atom. The first-order valence-corrected chi connectivity index (χ1v) is 7.85. The van der Waals surface area contributed by atoms with Gasteiger partial charge < -0.3 is 10.1 Å². The predicted molar refractivity (Wildman–Crippen MR) is 85.8 cm³/mol. The topological polar surface area (TPSA) is 38.6 Å². The molecule has 104 valence electrons. The maximum Gasteiger partial charge on any atom is 0.238 e. The van der Waals surface area contributed by atoms with E-state index in [1.807, 2.05) is 23.7 Å². The van der Waals surface area contributed by atoms with Crippen molar-refractivity contribution in [3.05, 3.63) is 45.5 Å². The number of ether oxygens (including phenoxy) is 1. The smallest absolute Gasteiger partial charge is 0.238 e. The van der Waals surface area contributed by atoms with Gasteiger partial charge in [0.05, 0.1) is 13.7 Å². The van der Waals surface area contributed by atoms with Crippen LogP contribution in [-0.4, -0.2) is 16.5 Å². The van der Waals surface area contributed by atoms with Crippen LogP contribution >= 0.6 is 27.3 Å². The molecule has 20 heavy (non-hydrogen) atoms. The van der Waals surface area contributed by atoms with Gasteiger partial charge in [-0.1, -0.05) is 22.0 Å². The van der Waals surface area contributed by atoms with Gasteiger partial charge in [0.25, 0.3) is 0 Å². The lowest BCUT2D eigenvalue weighted by atomic mass is 10.2. The molecule has 0 bridgehead atoms. The summed E-state index contributed by atoms with van der Waals surface area (Å²) in [7, 11) is 1.65. The van der Waals surface area contributed by atoms with E-state index in [0.717, 1.165) is 20.8 Å². The molecule has 0 radical (unpaired) electrons. The highest BCUT2D eigenvalue weighted by Gasteiger charge is 2.13. The summed E-state index contributed by atoms with van der Waals surface area (Å²) in [5.41, 5.74) is 3.33. The number of hydrogen-bond donors (Lipinski definition) is 1. The number of nitrogens with zero attached hydrogens (tertiary/aromatic N) is 2. The van der Waals surface area contributed by atoms with Crippen LogP contribution in [-0.2, 0) is 6.54 Å². The third kappa shape index (κ3) is 2.29. The largest absolute Gasteiger partial charge is 0.480 e. The molecule has 0 fully saturated rings. The average Bonchev–Trinajstić information content (AvgIpc) is 3.01. The lowest BCUT2D eigenvalue weighted by molar-refractivity contribution is 0.395. The van der Waals surface area contributed by atoms with Gasteiger partial charge >= 0.3 is 0 Å². The van der Waals surface area contributed by atoms with Crippen molar-refractivity contribution in [3.63, 3.8) is 0 Å². The Labute approximate surface area is 129 Å². The summed E-state index contributed by atoms with van der Waals surface area (Å²) in [6.07, 6.45) is 2.01. The lowest BCUT2D eigenvalue weighted by Crippen LogP contribution is -2.05. The molecule has 3 aromatic rings. The number of nitrogens with one attached hydrogen (secondary N) is 1. The summed E-state index contributed by atoms with van der Waals surface area (Å²) in [6.45, 7) is 2.75. The zero-order chi connectivity index (χ0) is 14.1. The molecule has 0 aliphatic rings. The normalized spacial score (nSPS) is 10.9. The standard InChI is InChI=1S/C14H14BrN3OS/c1-9-10(15)4-3-5-11(9)16-8-12-13(19-2)17-14-18(12)6-7-20-14/h3-7,16H,8H2,1-2H3. The van der Waals surface area contributed by atoms with Crippen molar-refractivity contribution in [3.8, 4) is 5.88 Å². The second-order valence-electron chi connectivity index (χ2n) is 4.39. The monoisotopic (exact) mass is 351 g/mol. The SMILES string of the molecule is COc1nc2sccn2c1CNc1cccc(Br)c1C. The number of fused-ring (bicyclic) bond motifs is 1. The van der Waals surface area contributed by atoms with E-state index >= 15 is 0 Å². The van der Waals surface area contributed by atoms with Crippen molar-refractivity contribution < 1.29 is 4.74 Å². The molecule has 0 saturated heterocycles. The summed E-state index contributed by atoms with van der Waals surface area (Å²) in [4.78, 5) is 5.40. The quantitative estimate of drug-likeness (QED) is 0.769. The van der Waals surface area contributed by atoms with Gasteiger partial charge in [0.15, 0.2) is 4.96 Å². The molecule has 0 aliphatic carbocycles. The second-order valence-corrected chi connectivity index (χ2v) is 6.12. The summed E-state index contributed by atoms with van der Waals surface area (Å²) < 4.78 is 8.52. The molecular formula is C14H14BrN3OS. The maximum absolute atomic E-state index is 5.36. The van der Waals surface area contributed by atoms with Crippen LogP contribution in [0.15, 0.2) is 34.2 Å². The molecule has 0 atom stereocenters. The molecule has 0 spiro atoms. The molecule has 0 amide bonds. The van der Waals surface area contributed by atoms with Gasteiger partial charge in [-0.2, -0.15) is 4.98 Å². The van der Waals surface area contributed by atoms with E-state index in [0.29, 0.717) is 12.4 Å². The highest BCUT2D eigenvalue weighted by molar-refractivity contribution is 9.10. The van der Waals surface area contributed by atoms with Gasteiger partial charge in [0.1, 0.15) is 5.69 Å². The molecule has 2 aromatic heterocycles. The molecule has 4 nitrogen and oxygen atoms in total. The Hall–Kier alpha value is -1.53. The molecule has 1 N–H and O–H groups in total. The zero-order valence-electron chi connectivity index (χ0n) is 11.2. The van der Waals surface area contributed by atoms with Crippen molar-refractivity contribution in [2.45, 2.75) is 13.5 Å². The van der Waals surface area contributed by atoms with Crippen molar-refractivity contribution >= 4 is 37.9 Å². The van der Waals surface area contributed by atoms with E-state index in [9.17, 15) is 0 Å². The number of hydrogen-bond acceptors (Lipinski definition) is 4. The minimum atomic E-state index is 0.665. The highest BCUT2D eigenvalue weighted by Crippen LogP contribution is 2.27. The minimum absolute atomic E-state index is 0.665. The van der Waals surface area contributed by atoms with Crippen LogP contribution in [0.4, 0.5) is 5.69 Å². The van der Waals surface area contributed by atoms with E-state index in [1.165, 1.54) is 5.56 Å². The number of halogens is 1. The van der Waals surface area contributed by atoms with Gasteiger partial charge in [0.2, 0.25) is 5.88 Å². The van der Waals surface area contributed by atoms with Gasteiger partial charge in [-0.3, -0.25) is 4.40 Å². The Morgan fingerprint density at radius 1 is 1.45 bits per heavy atom. The van der Waals surface area contributed by atoms with Gasteiger partial charge in [-0.25, -0.2) is 0 Å². The molecule has 3 rings (SSSR count). The Balaban J connectivity index is 1.89. The van der Waals surface area contributed by atoms with Crippen molar-refractivity contribution in [1.29, 1.82) is 0 Å². The van der Waals surface area contributed by atoms with E-state index < -0.39 is 0 Å². The average molecular weight is 352 g/mol. The molecule has 0 aliphatic heterocycles. The van der Waals surface area contributed by atoms with Crippen molar-refractivity contribution in [2.75, 3.05) is 12.4 Å². The van der Waals surface area contributed by atoms with Gasteiger partial charge in [0, 0.05) is 21.7 Å². The number of thiazole rings is 1. The van der Waals surface area contributed by atoms with Crippen LogP contribution in [0.1, 0.15) is 11.3 Å². The number of benzene rings is 1. The number of anilines is 1. The molecule has 0 unspecified atom stereocenters. The molecule has 6 heteroatoms. The Kier molecular flexibility index (Phi) is 3.67. The number of imidazole rings is 1. The zero-order valence-corrected chi connectivity index (χ0v) is 13.6. The molecular weight excluding hydrogens is 338 g/mol. The van der Waals surface area contributed by atoms with Crippen LogP contribution < -0.4 is 10.1 Å². The van der Waals surface area contributed by atoms with Crippen LogP contribution in [0, 0.1) is 6.92 Å². The lowest BCUT2D eigenvalue weighted by Gasteiger charge is -2.11. The first-order chi connectivity index (χ1) is 9.70. The Morgan fingerprint density at radius 2 is 2.30 bits per heavy atom. The molecule has 1 aromatic carbocycles. The summed E-state index contributed by atoms with van der Waals surface area (Å²) in [5.74, 6) is 0.678. The highest BCUT2D eigenvalue weighted by atomic mass is 79.9. The van der Waals surface area contributed by atoms with Crippen LogP contribution in [0.25, 0.3) is 4.96 Å². The fourth-order valence-corrected chi connectivity index (χ4v) is 3.21. The summed E-state index contributed by atoms with van der Waals surface area (Å²) >= 11 is 5.15. The van der Waals surface area contributed by atoms with E-state index in [-0.39, 0.29) is 0 Å². The fourth-order valence-electron chi connectivity index (χ4n) is 2.11. The summed E-state index contributed by atoms with van der Waals surface area (Å²) in [6, 6.07) is 6.13. The van der Waals surface area contributed by atoms with E-state index in [4.69, 9.17) is 4.74 Å². The fraction of sp³-hybridized carbons (Fsp3) is 0.214. The van der Waals surface area contributed by atoms with E-state index in [2.05, 4.69) is 43.6 Å². The molecule has 2 heterocycles. The maximum atomic E-state index is 5.36. The first kappa shape index (κ1) is 13.5. The second kappa shape index (κ2) is 5.46. The minimum Gasteiger partial charge on any atom is -0.480 e. The summed E-state index contributed by atoms with van der Waals surface area (Å²) in [5, 5.41) is 5.47. The third-order valence-electron chi connectivity index (χ3n) is 3.23. The van der Waals surface area contributed by atoms with E-state index in [1.54, 1.807) is 18.4 Å². The number of methoxy groups -OCH3 is 1. The van der Waals surface area contributed by atoms with Crippen LogP contribution in [0.3, 0.4) is 0 Å². The predicted octanol–water partition coefficient (Wildman–Crippen LogP) is 4.09. The Bertz CT molecular complexity index is 750. The van der Waals surface area contributed by atoms with Crippen molar-refractivity contribution in [2.24, 2.45) is 0 Å². The number of rotatable bonds is 4. The van der Waals surface area contributed by atoms with Gasteiger partial charge in [-0.15, -0.1) is 11.3 Å². The van der Waals surface area contributed by atoms with Crippen LogP contribution in [0.2, 0.25) is 0 Å². The van der Waals surface area contributed by atoms with Gasteiger partial charge in [-0.05, 0) is 24.6 Å². The van der Waals surface area contributed by atoms with Crippen molar-refractivity contribution in [1.82, 2.24) is 9.38 Å². The third-order valence-corrected chi connectivity index (χ3v) is 4.85.